The van der Waals surface area contributed by atoms with Gasteiger partial charge in [0.25, 0.3) is 0 Å². The van der Waals surface area contributed by atoms with E-state index in [0.717, 1.165) is 39.1 Å². The Bertz CT molecular complexity index is 1490. The molecule has 5 rings (SSSR count). The maximum absolute atomic E-state index is 14.0. The number of carbonyl (C=O) groups is 1. The van der Waals surface area contributed by atoms with E-state index < -0.39 is 0 Å². The molecule has 7 heteroatoms. The van der Waals surface area contributed by atoms with E-state index in [0.29, 0.717) is 23.7 Å². The van der Waals surface area contributed by atoms with Crippen molar-refractivity contribution in [3.8, 4) is 28.4 Å². The Morgan fingerprint density at radius 1 is 1.08 bits per heavy atom. The fraction of sp³-hybridized carbons (Fsp3) is 0.281. The van der Waals surface area contributed by atoms with E-state index in [1.54, 1.807) is 25.3 Å². The molecule has 0 radical (unpaired) electrons. The summed E-state index contributed by atoms with van der Waals surface area (Å²) in [4.78, 5) is 12.6. The zero-order chi connectivity index (χ0) is 27.7. The Hall–Kier alpha value is -3.71. The van der Waals surface area contributed by atoms with Crippen molar-refractivity contribution in [1.82, 2.24) is 0 Å². The van der Waals surface area contributed by atoms with Crippen molar-refractivity contribution in [2.75, 3.05) is 12.4 Å². The number of nitrogens with one attached hydrogen (secondary N) is 1. The molecule has 0 fully saturated rings. The summed E-state index contributed by atoms with van der Waals surface area (Å²) in [7, 11) is 1.60. The van der Waals surface area contributed by atoms with Crippen molar-refractivity contribution in [3.05, 3.63) is 88.6 Å². The van der Waals surface area contributed by atoms with Crippen LogP contribution < -0.4 is 19.5 Å². The monoisotopic (exact) mass is 545 g/mol. The lowest BCUT2D eigenvalue weighted by Gasteiger charge is -2.33. The smallest absolute Gasteiger partial charge is 0.325 e. The predicted octanol–water partition coefficient (Wildman–Crippen LogP) is 7.92. The number of halogens is 1. The average molecular weight is 546 g/mol. The van der Waals surface area contributed by atoms with Gasteiger partial charge in [0.1, 0.15) is 34.9 Å². The van der Waals surface area contributed by atoms with Crippen LogP contribution in [-0.2, 0) is 11.4 Å². The van der Waals surface area contributed by atoms with E-state index in [1.807, 2.05) is 30.5 Å². The second-order valence-corrected chi connectivity index (χ2v) is 11.5. The normalized spacial score (nSPS) is 17.2. The Labute approximate surface area is 233 Å². The number of carbonyl (C=O) groups excluding carboxylic acids is 1. The molecule has 0 aromatic heterocycles. The number of methoxy groups -OCH3 is 1. The highest BCUT2D eigenvalue weighted by atomic mass is 32.2. The number of fused-ring (bicyclic) bond motifs is 1. The van der Waals surface area contributed by atoms with Gasteiger partial charge < -0.3 is 19.5 Å². The molecule has 2 aliphatic rings. The molecule has 0 bridgehead atoms. The summed E-state index contributed by atoms with van der Waals surface area (Å²) >= 11 is 1.47. The number of hydrogen-bond donors (Lipinski definition) is 1. The number of anilines is 1. The average Bonchev–Trinajstić information content (AvgIpc) is 3.43. The first-order valence-corrected chi connectivity index (χ1v) is 13.8. The van der Waals surface area contributed by atoms with Crippen molar-refractivity contribution in [2.24, 2.45) is 0 Å². The highest BCUT2D eigenvalue weighted by molar-refractivity contribution is 8.03. The van der Waals surface area contributed by atoms with E-state index in [9.17, 15) is 9.18 Å². The second-order valence-electron chi connectivity index (χ2n) is 10.4. The molecule has 39 heavy (non-hydrogen) atoms. The van der Waals surface area contributed by atoms with Crippen molar-refractivity contribution >= 4 is 29.0 Å². The third-order valence-electron chi connectivity index (χ3n) is 6.90. The zero-order valence-corrected chi connectivity index (χ0v) is 23.6. The van der Waals surface area contributed by atoms with Crippen LogP contribution in [0.1, 0.15) is 43.9 Å². The molecule has 1 N–H and O–H groups in total. The molecule has 5 nitrogen and oxygen atoms in total. The Morgan fingerprint density at radius 2 is 1.87 bits per heavy atom. The maximum Gasteiger partial charge on any atom is 0.325 e. The molecular formula is C32H32FNO4S. The van der Waals surface area contributed by atoms with Gasteiger partial charge in [-0.2, -0.15) is 0 Å². The third kappa shape index (κ3) is 5.69. The summed E-state index contributed by atoms with van der Waals surface area (Å²) in [6, 6.07) is 14.1. The molecule has 0 amide bonds. The molecular weight excluding hydrogens is 513 g/mol. The lowest BCUT2D eigenvalue weighted by Crippen LogP contribution is -2.32. The number of allylic oxidation sites excluding steroid dienone is 2. The van der Waals surface area contributed by atoms with Gasteiger partial charge in [-0.05, 0) is 80.5 Å². The molecule has 0 saturated carbocycles. The van der Waals surface area contributed by atoms with Crippen LogP contribution in [0.25, 0.3) is 16.7 Å². The first-order chi connectivity index (χ1) is 18.6. The fourth-order valence-electron chi connectivity index (χ4n) is 5.16. The highest BCUT2D eigenvalue weighted by Crippen LogP contribution is 2.43. The summed E-state index contributed by atoms with van der Waals surface area (Å²) in [5.41, 5.74) is 6.53. The molecule has 3 aromatic carbocycles. The van der Waals surface area contributed by atoms with Crippen LogP contribution in [0.5, 0.6) is 17.2 Å². The van der Waals surface area contributed by atoms with Crippen LogP contribution in [0.2, 0.25) is 0 Å². The number of esters is 1. The van der Waals surface area contributed by atoms with E-state index in [2.05, 4.69) is 38.2 Å². The molecule has 0 spiro atoms. The van der Waals surface area contributed by atoms with E-state index >= 15 is 0 Å². The Morgan fingerprint density at radius 3 is 2.62 bits per heavy atom. The van der Waals surface area contributed by atoms with E-state index in [1.165, 1.54) is 23.9 Å². The van der Waals surface area contributed by atoms with Crippen LogP contribution >= 0.6 is 11.8 Å². The topological polar surface area (TPSA) is 56.8 Å². The summed E-state index contributed by atoms with van der Waals surface area (Å²) < 4.78 is 31.7. The number of aryl methyl sites for hydroxylation is 1. The van der Waals surface area contributed by atoms with Crippen LogP contribution in [0.15, 0.2) is 66.1 Å². The van der Waals surface area contributed by atoms with Gasteiger partial charge in [0.2, 0.25) is 0 Å². The quantitative estimate of drug-likeness (QED) is 0.240. The molecule has 3 aromatic rings. The molecule has 202 valence electrons. The fourth-order valence-corrected chi connectivity index (χ4v) is 5.95. The molecule has 2 aliphatic heterocycles. The first kappa shape index (κ1) is 26.9. The molecule has 0 saturated heterocycles. The highest BCUT2D eigenvalue weighted by Gasteiger charge is 2.28. The van der Waals surface area contributed by atoms with Gasteiger partial charge in [0, 0.05) is 34.5 Å². The van der Waals surface area contributed by atoms with Gasteiger partial charge in [-0.1, -0.05) is 24.3 Å². The summed E-state index contributed by atoms with van der Waals surface area (Å²) in [5, 5.41) is 5.30. The van der Waals surface area contributed by atoms with Gasteiger partial charge >= 0.3 is 5.97 Å². The van der Waals surface area contributed by atoms with Gasteiger partial charge in [-0.15, -0.1) is 11.8 Å². The van der Waals surface area contributed by atoms with Crippen LogP contribution in [0.4, 0.5) is 10.1 Å². The van der Waals surface area contributed by atoms with Gasteiger partial charge in [-0.3, -0.25) is 4.79 Å². The van der Waals surface area contributed by atoms with Gasteiger partial charge in [0.05, 0.1) is 12.6 Å². The molecule has 1 atom stereocenters. The third-order valence-corrected chi connectivity index (χ3v) is 7.96. The van der Waals surface area contributed by atoms with E-state index in [4.69, 9.17) is 14.2 Å². The largest absolute Gasteiger partial charge is 0.496 e. The predicted molar refractivity (Wildman–Crippen MR) is 156 cm³/mol. The lowest BCUT2D eigenvalue weighted by molar-refractivity contribution is -0.133. The Kier molecular flexibility index (Phi) is 7.45. The number of ether oxygens (including phenoxy) is 3. The van der Waals surface area contributed by atoms with Crippen molar-refractivity contribution in [2.45, 2.75) is 51.5 Å². The number of hydrogen-bond acceptors (Lipinski definition) is 6. The number of benzene rings is 3. The first-order valence-electron chi connectivity index (χ1n) is 12.9. The second kappa shape index (κ2) is 10.8. The maximum atomic E-state index is 14.0. The summed E-state index contributed by atoms with van der Waals surface area (Å²) in [6.07, 6.45) is 4.84. The summed E-state index contributed by atoms with van der Waals surface area (Å²) in [6.45, 7) is 8.47. The molecule has 0 aliphatic carbocycles. The summed E-state index contributed by atoms with van der Waals surface area (Å²) in [5.74, 6) is 0.884. The van der Waals surface area contributed by atoms with Crippen LogP contribution in [-0.4, -0.2) is 23.9 Å². The van der Waals surface area contributed by atoms with Crippen LogP contribution in [0.3, 0.4) is 0 Å². The van der Waals surface area contributed by atoms with Crippen molar-refractivity contribution < 1.29 is 23.4 Å². The van der Waals surface area contributed by atoms with E-state index in [-0.39, 0.29) is 29.2 Å². The number of rotatable bonds is 7. The number of thioether (sulfide) groups is 1. The molecule has 1 unspecified atom stereocenters. The standard InChI is InChI=1S/C32H32FNO4S/c1-19-8-9-21(33)15-27(19)37-18-25-23(12-13-26-30(25)20(2)17-32(3,4)34-26)24-11-10-22(16-28(24)36-5)38-31(35)29-7-6-14-39-29/h6,8-17,29,34H,7,18H2,1-5H3. The van der Waals surface area contributed by atoms with Gasteiger partial charge in [-0.25, -0.2) is 4.39 Å². The van der Waals surface area contributed by atoms with Gasteiger partial charge in [0.15, 0.2) is 0 Å². The van der Waals surface area contributed by atoms with Crippen molar-refractivity contribution in [1.29, 1.82) is 0 Å². The minimum atomic E-state index is -0.344. The van der Waals surface area contributed by atoms with Crippen LogP contribution in [0, 0.1) is 12.7 Å². The zero-order valence-electron chi connectivity index (χ0n) is 22.8. The minimum absolute atomic E-state index is 0.202. The SMILES string of the molecule is COc1cc(OC(=O)C2CC=CS2)ccc1-c1ccc2c(c1COc1cc(F)ccc1C)C(C)=CC(C)(C)N2. The van der Waals surface area contributed by atoms with Crippen molar-refractivity contribution in [3.63, 3.8) is 0 Å². The molecule has 2 heterocycles. The lowest BCUT2D eigenvalue weighted by atomic mass is 9.85. The Balaban J connectivity index is 1.55. The minimum Gasteiger partial charge on any atom is -0.496 e.